The zero-order valence-electron chi connectivity index (χ0n) is 11.2. The number of carbonyl (C=O) groups is 2. The summed E-state index contributed by atoms with van der Waals surface area (Å²) >= 11 is 0. The molecule has 0 saturated heterocycles. The van der Waals surface area contributed by atoms with Crippen LogP contribution < -0.4 is 5.32 Å². The smallest absolute Gasteiger partial charge is 0.340 e. The Balaban J connectivity index is 2.59. The number of ether oxygens (including phenoxy) is 1. The molecule has 0 fully saturated rings. The Bertz CT molecular complexity index is 475. The van der Waals surface area contributed by atoms with Gasteiger partial charge in [-0.05, 0) is 17.7 Å². The number of carbonyl (C=O) groups excluding carboxylic acids is 2. The molecule has 1 amide bonds. The standard InChI is InChI=1S/C13H17FN2O3/c1-16(2)12(17)8-15-7-9-4-5-10(11(14)6-9)13(18)19-3/h4-6,15H,7-8H2,1-3H3. The average molecular weight is 268 g/mol. The van der Waals surface area contributed by atoms with Gasteiger partial charge in [0.25, 0.3) is 0 Å². The van der Waals surface area contributed by atoms with Crippen LogP contribution in [0.2, 0.25) is 0 Å². The first-order valence-electron chi connectivity index (χ1n) is 5.73. The number of methoxy groups -OCH3 is 1. The van der Waals surface area contributed by atoms with Gasteiger partial charge in [-0.15, -0.1) is 0 Å². The molecule has 6 heteroatoms. The first-order chi connectivity index (χ1) is 8.95. The number of nitrogens with one attached hydrogen (secondary N) is 1. The highest BCUT2D eigenvalue weighted by atomic mass is 19.1. The van der Waals surface area contributed by atoms with Gasteiger partial charge in [-0.1, -0.05) is 6.07 Å². The van der Waals surface area contributed by atoms with Crippen molar-refractivity contribution in [3.05, 3.63) is 35.1 Å². The van der Waals surface area contributed by atoms with E-state index in [4.69, 9.17) is 0 Å². The number of halogens is 1. The fourth-order valence-electron chi connectivity index (χ4n) is 1.42. The van der Waals surface area contributed by atoms with E-state index < -0.39 is 11.8 Å². The first-order valence-corrected chi connectivity index (χ1v) is 5.73. The molecule has 1 aromatic rings. The summed E-state index contributed by atoms with van der Waals surface area (Å²) in [6.45, 7) is 0.519. The number of hydrogen-bond donors (Lipinski definition) is 1. The Morgan fingerprint density at radius 3 is 2.58 bits per heavy atom. The van der Waals surface area contributed by atoms with E-state index in [1.165, 1.54) is 24.1 Å². The average Bonchev–Trinajstić information content (AvgIpc) is 2.37. The minimum atomic E-state index is -0.709. The van der Waals surface area contributed by atoms with E-state index in [1.807, 2.05) is 0 Å². The van der Waals surface area contributed by atoms with Crippen LogP contribution in [0.15, 0.2) is 18.2 Å². The molecule has 1 N–H and O–H groups in total. The van der Waals surface area contributed by atoms with Crippen molar-refractivity contribution in [1.29, 1.82) is 0 Å². The summed E-state index contributed by atoms with van der Waals surface area (Å²) in [4.78, 5) is 24.0. The van der Waals surface area contributed by atoms with Crippen molar-refractivity contribution in [3.8, 4) is 0 Å². The van der Waals surface area contributed by atoms with E-state index in [0.717, 1.165) is 0 Å². The minimum Gasteiger partial charge on any atom is -0.465 e. The summed E-state index contributed by atoms with van der Waals surface area (Å²) in [5, 5.41) is 2.90. The van der Waals surface area contributed by atoms with Crippen LogP contribution in [0.4, 0.5) is 4.39 Å². The van der Waals surface area contributed by atoms with Crippen molar-refractivity contribution in [2.75, 3.05) is 27.7 Å². The van der Waals surface area contributed by atoms with Crippen LogP contribution in [0.25, 0.3) is 0 Å². The van der Waals surface area contributed by atoms with Crippen LogP contribution in [-0.4, -0.2) is 44.5 Å². The van der Waals surface area contributed by atoms with Crippen molar-refractivity contribution in [3.63, 3.8) is 0 Å². The highest BCUT2D eigenvalue weighted by molar-refractivity contribution is 5.89. The summed E-state index contributed by atoms with van der Waals surface area (Å²) in [5.41, 5.74) is 0.548. The normalized spacial score (nSPS) is 10.1. The van der Waals surface area contributed by atoms with Gasteiger partial charge in [0.1, 0.15) is 5.82 Å². The molecule has 0 spiro atoms. The molecule has 5 nitrogen and oxygen atoms in total. The molecule has 0 radical (unpaired) electrons. The lowest BCUT2D eigenvalue weighted by molar-refractivity contribution is -0.127. The predicted molar refractivity (Wildman–Crippen MR) is 68.1 cm³/mol. The Morgan fingerprint density at radius 2 is 2.05 bits per heavy atom. The Morgan fingerprint density at radius 1 is 1.37 bits per heavy atom. The summed E-state index contributed by atoms with van der Waals surface area (Å²) in [6, 6.07) is 4.23. The van der Waals surface area contributed by atoms with E-state index in [9.17, 15) is 14.0 Å². The van der Waals surface area contributed by atoms with Crippen LogP contribution in [0.3, 0.4) is 0 Å². The third kappa shape index (κ3) is 4.33. The largest absolute Gasteiger partial charge is 0.465 e. The van der Waals surface area contributed by atoms with Crippen molar-refractivity contribution < 1.29 is 18.7 Å². The Hall–Kier alpha value is -1.95. The topological polar surface area (TPSA) is 58.6 Å². The molecular weight excluding hydrogens is 251 g/mol. The monoisotopic (exact) mass is 268 g/mol. The van der Waals surface area contributed by atoms with Crippen molar-refractivity contribution in [2.24, 2.45) is 0 Å². The maximum absolute atomic E-state index is 13.6. The quantitative estimate of drug-likeness (QED) is 0.802. The zero-order valence-corrected chi connectivity index (χ0v) is 11.2. The van der Waals surface area contributed by atoms with Crippen molar-refractivity contribution in [2.45, 2.75) is 6.54 Å². The van der Waals surface area contributed by atoms with E-state index in [1.54, 1.807) is 20.2 Å². The number of nitrogens with zero attached hydrogens (tertiary/aromatic N) is 1. The number of likely N-dealkylation sites (N-methyl/N-ethyl adjacent to an activating group) is 1. The van der Waals surface area contributed by atoms with Crippen LogP contribution in [-0.2, 0) is 16.1 Å². The van der Waals surface area contributed by atoms with Crippen molar-refractivity contribution >= 4 is 11.9 Å². The third-order valence-corrected chi connectivity index (χ3v) is 2.54. The van der Waals surface area contributed by atoms with Crippen LogP contribution in [0, 0.1) is 5.82 Å². The molecule has 19 heavy (non-hydrogen) atoms. The Labute approximate surface area is 111 Å². The van der Waals surface area contributed by atoms with Gasteiger partial charge in [0.15, 0.2) is 0 Å². The molecule has 0 aliphatic rings. The van der Waals surface area contributed by atoms with Gasteiger partial charge < -0.3 is 15.0 Å². The van der Waals surface area contributed by atoms with E-state index in [-0.39, 0.29) is 18.0 Å². The molecule has 0 heterocycles. The van der Waals surface area contributed by atoms with Gasteiger partial charge in [0.05, 0.1) is 19.2 Å². The van der Waals surface area contributed by atoms with Gasteiger partial charge in [0.2, 0.25) is 5.91 Å². The lowest BCUT2D eigenvalue weighted by Gasteiger charge is -2.11. The molecule has 1 rings (SSSR count). The molecular formula is C13H17FN2O3. The molecule has 104 valence electrons. The molecule has 0 unspecified atom stereocenters. The summed E-state index contributed by atoms with van der Waals surface area (Å²) < 4.78 is 18.0. The Kier molecular flexibility index (Phi) is 5.44. The molecule has 0 bridgehead atoms. The summed E-state index contributed by atoms with van der Waals surface area (Å²) in [6.07, 6.45) is 0. The maximum atomic E-state index is 13.6. The van der Waals surface area contributed by atoms with Gasteiger partial charge >= 0.3 is 5.97 Å². The van der Waals surface area contributed by atoms with Gasteiger partial charge in [-0.25, -0.2) is 9.18 Å². The number of hydrogen-bond acceptors (Lipinski definition) is 4. The van der Waals surface area contributed by atoms with Crippen LogP contribution in [0.1, 0.15) is 15.9 Å². The number of esters is 1. The van der Waals surface area contributed by atoms with Gasteiger partial charge in [-0.3, -0.25) is 4.79 Å². The molecule has 0 aliphatic carbocycles. The maximum Gasteiger partial charge on any atom is 0.340 e. The number of benzene rings is 1. The van der Waals surface area contributed by atoms with Crippen molar-refractivity contribution in [1.82, 2.24) is 10.2 Å². The SMILES string of the molecule is COC(=O)c1ccc(CNCC(=O)N(C)C)cc1F. The number of amides is 1. The third-order valence-electron chi connectivity index (χ3n) is 2.54. The minimum absolute atomic E-state index is 0.0633. The molecule has 0 aromatic heterocycles. The van der Waals surface area contributed by atoms with Gasteiger partial charge in [0, 0.05) is 20.6 Å². The molecule has 1 aromatic carbocycles. The second kappa shape index (κ2) is 6.84. The second-order valence-corrected chi connectivity index (χ2v) is 4.20. The van der Waals surface area contributed by atoms with Crippen LogP contribution in [0.5, 0.6) is 0 Å². The second-order valence-electron chi connectivity index (χ2n) is 4.20. The zero-order chi connectivity index (χ0) is 14.4. The predicted octanol–water partition coefficient (Wildman–Crippen LogP) is 0.790. The highest BCUT2D eigenvalue weighted by Crippen LogP contribution is 2.11. The molecule has 0 aliphatic heterocycles. The summed E-state index contributed by atoms with van der Waals surface area (Å²) in [5.74, 6) is -1.41. The van der Waals surface area contributed by atoms with E-state index >= 15 is 0 Å². The van der Waals surface area contributed by atoms with E-state index in [0.29, 0.717) is 12.1 Å². The van der Waals surface area contributed by atoms with Crippen LogP contribution >= 0.6 is 0 Å². The molecule has 0 saturated carbocycles. The first kappa shape index (κ1) is 15.1. The van der Waals surface area contributed by atoms with E-state index in [2.05, 4.69) is 10.1 Å². The lowest BCUT2D eigenvalue weighted by Crippen LogP contribution is -2.32. The molecule has 0 atom stereocenters. The van der Waals surface area contributed by atoms with Gasteiger partial charge in [-0.2, -0.15) is 0 Å². The lowest BCUT2D eigenvalue weighted by atomic mass is 10.1. The fourth-order valence-corrected chi connectivity index (χ4v) is 1.42. The highest BCUT2D eigenvalue weighted by Gasteiger charge is 2.12. The fraction of sp³-hybridized carbons (Fsp3) is 0.385. The summed E-state index contributed by atoms with van der Waals surface area (Å²) in [7, 11) is 4.52. The number of rotatable bonds is 5.